The van der Waals surface area contributed by atoms with E-state index in [1.165, 1.54) is 0 Å². The first kappa shape index (κ1) is 12.6. The Kier molecular flexibility index (Phi) is 3.67. The van der Waals surface area contributed by atoms with Gasteiger partial charge < -0.3 is 10.5 Å². The smallest absolute Gasteiger partial charge is 0.165 e. The van der Waals surface area contributed by atoms with Crippen molar-refractivity contribution in [1.29, 1.82) is 0 Å². The Hall–Kier alpha value is -1.81. The molecule has 4 nitrogen and oxygen atoms in total. The van der Waals surface area contributed by atoms with Crippen molar-refractivity contribution in [2.24, 2.45) is 5.73 Å². The molecule has 18 heavy (non-hydrogen) atoms. The zero-order valence-corrected chi connectivity index (χ0v) is 11.0. The Morgan fingerprint density at radius 3 is 2.28 bits per heavy atom. The van der Waals surface area contributed by atoms with Crippen LogP contribution < -0.4 is 10.5 Å². The molecular weight excluding hydrogens is 226 g/mol. The van der Waals surface area contributed by atoms with Crippen LogP contribution in [-0.2, 0) is 0 Å². The number of nitrogens with zero attached hydrogens (tertiary/aromatic N) is 2. The largest absolute Gasteiger partial charge is 0.454 e. The van der Waals surface area contributed by atoms with Crippen LogP contribution >= 0.6 is 0 Å². The predicted molar refractivity (Wildman–Crippen MR) is 71.7 cm³/mol. The van der Waals surface area contributed by atoms with Gasteiger partial charge in [0.2, 0.25) is 0 Å². The van der Waals surface area contributed by atoms with Crippen molar-refractivity contribution < 1.29 is 4.74 Å². The van der Waals surface area contributed by atoms with Crippen LogP contribution in [0, 0.1) is 0 Å². The number of benzene rings is 1. The van der Waals surface area contributed by atoms with E-state index in [0.717, 1.165) is 17.1 Å². The van der Waals surface area contributed by atoms with Crippen LogP contribution in [0.15, 0.2) is 36.7 Å². The fourth-order valence-corrected chi connectivity index (χ4v) is 1.63. The molecule has 0 bridgehead atoms. The van der Waals surface area contributed by atoms with Crippen LogP contribution in [0.1, 0.15) is 38.4 Å². The van der Waals surface area contributed by atoms with Gasteiger partial charge in [-0.15, -0.1) is 0 Å². The zero-order chi connectivity index (χ0) is 13.1. The highest BCUT2D eigenvalue weighted by molar-refractivity contribution is 5.32. The highest BCUT2D eigenvalue weighted by atomic mass is 16.5. The molecule has 2 rings (SSSR count). The van der Waals surface area contributed by atoms with Crippen LogP contribution in [-0.4, -0.2) is 9.78 Å². The molecule has 0 radical (unpaired) electrons. The van der Waals surface area contributed by atoms with Gasteiger partial charge in [-0.25, -0.2) is 0 Å². The lowest BCUT2D eigenvalue weighted by Crippen LogP contribution is -2.04. The molecule has 0 amide bonds. The number of rotatable bonds is 4. The molecule has 2 N–H and O–H groups in total. The third-order valence-corrected chi connectivity index (χ3v) is 2.75. The Morgan fingerprint density at radius 1 is 1.11 bits per heavy atom. The monoisotopic (exact) mass is 245 g/mol. The van der Waals surface area contributed by atoms with Gasteiger partial charge in [0.15, 0.2) is 5.75 Å². The van der Waals surface area contributed by atoms with Gasteiger partial charge in [-0.3, -0.25) is 4.68 Å². The first-order valence-electron chi connectivity index (χ1n) is 6.14. The molecule has 96 valence electrons. The Morgan fingerprint density at radius 2 is 1.78 bits per heavy atom. The molecule has 1 heterocycles. The van der Waals surface area contributed by atoms with Crippen LogP contribution in [0.4, 0.5) is 0 Å². The van der Waals surface area contributed by atoms with Crippen molar-refractivity contribution in [3.05, 3.63) is 42.2 Å². The fourth-order valence-electron chi connectivity index (χ4n) is 1.63. The third kappa shape index (κ3) is 2.90. The van der Waals surface area contributed by atoms with E-state index in [-0.39, 0.29) is 6.04 Å². The van der Waals surface area contributed by atoms with Crippen molar-refractivity contribution in [3.63, 3.8) is 0 Å². The summed E-state index contributed by atoms with van der Waals surface area (Å²) in [6.45, 7) is 6.12. The minimum absolute atomic E-state index is 0.0442. The van der Waals surface area contributed by atoms with Gasteiger partial charge in [-0.1, -0.05) is 12.1 Å². The van der Waals surface area contributed by atoms with E-state index in [9.17, 15) is 0 Å². The van der Waals surface area contributed by atoms with E-state index in [2.05, 4.69) is 18.9 Å². The first-order valence-corrected chi connectivity index (χ1v) is 6.14. The van der Waals surface area contributed by atoms with Crippen molar-refractivity contribution in [2.75, 3.05) is 0 Å². The average molecular weight is 245 g/mol. The van der Waals surface area contributed by atoms with Crippen molar-refractivity contribution >= 4 is 0 Å². The fraction of sp³-hybridized carbons (Fsp3) is 0.357. The van der Waals surface area contributed by atoms with E-state index in [1.807, 2.05) is 42.1 Å². The topological polar surface area (TPSA) is 53.1 Å². The second-order valence-corrected chi connectivity index (χ2v) is 4.71. The lowest BCUT2D eigenvalue weighted by molar-refractivity contribution is 0.477. The van der Waals surface area contributed by atoms with E-state index in [1.54, 1.807) is 6.20 Å². The van der Waals surface area contributed by atoms with Gasteiger partial charge in [-0.05, 0) is 38.5 Å². The third-order valence-electron chi connectivity index (χ3n) is 2.75. The molecule has 0 aliphatic carbocycles. The van der Waals surface area contributed by atoms with Crippen molar-refractivity contribution in [2.45, 2.75) is 32.9 Å². The molecule has 1 atom stereocenters. The van der Waals surface area contributed by atoms with Crippen LogP contribution in [0.25, 0.3) is 0 Å². The molecule has 0 unspecified atom stereocenters. The van der Waals surface area contributed by atoms with Crippen LogP contribution in [0.5, 0.6) is 11.5 Å². The molecule has 1 aromatic heterocycles. The second kappa shape index (κ2) is 5.23. The van der Waals surface area contributed by atoms with Crippen molar-refractivity contribution in [1.82, 2.24) is 9.78 Å². The van der Waals surface area contributed by atoms with E-state index in [0.29, 0.717) is 6.04 Å². The molecular formula is C14H19N3O. The molecule has 0 saturated carbocycles. The summed E-state index contributed by atoms with van der Waals surface area (Å²) in [6, 6.07) is 8.18. The lowest BCUT2D eigenvalue weighted by atomic mass is 10.1. The number of hydrogen-bond acceptors (Lipinski definition) is 3. The van der Waals surface area contributed by atoms with Crippen LogP contribution in [0.3, 0.4) is 0 Å². The molecule has 0 aliphatic heterocycles. The average Bonchev–Trinajstić information content (AvgIpc) is 2.78. The quantitative estimate of drug-likeness (QED) is 0.899. The minimum atomic E-state index is 0.0442. The Labute approximate surface area is 107 Å². The van der Waals surface area contributed by atoms with E-state index >= 15 is 0 Å². The maximum absolute atomic E-state index is 5.80. The summed E-state index contributed by atoms with van der Waals surface area (Å²) in [4.78, 5) is 0. The summed E-state index contributed by atoms with van der Waals surface area (Å²) >= 11 is 0. The molecule has 0 aliphatic rings. The van der Waals surface area contributed by atoms with Gasteiger partial charge in [0, 0.05) is 12.1 Å². The summed E-state index contributed by atoms with van der Waals surface area (Å²) in [5.74, 6) is 1.54. The number of hydrogen-bond donors (Lipinski definition) is 1. The summed E-state index contributed by atoms with van der Waals surface area (Å²) in [6.07, 6.45) is 3.61. The standard InChI is InChI=1S/C14H19N3O/c1-10(2)17-9-14(8-16-17)18-13-6-4-12(5-7-13)11(3)15/h4-11H,15H2,1-3H3/t11-/m1/s1. The summed E-state index contributed by atoms with van der Waals surface area (Å²) in [7, 11) is 0. The van der Waals surface area contributed by atoms with Gasteiger partial charge in [0.25, 0.3) is 0 Å². The maximum atomic E-state index is 5.80. The number of ether oxygens (including phenoxy) is 1. The van der Waals surface area contributed by atoms with Gasteiger partial charge in [-0.2, -0.15) is 5.10 Å². The number of aromatic nitrogens is 2. The highest BCUT2D eigenvalue weighted by Gasteiger charge is 2.04. The maximum Gasteiger partial charge on any atom is 0.165 e. The summed E-state index contributed by atoms with van der Waals surface area (Å²) in [5.41, 5.74) is 6.90. The van der Waals surface area contributed by atoms with Crippen LogP contribution in [0.2, 0.25) is 0 Å². The molecule has 0 spiro atoms. The first-order chi connectivity index (χ1) is 8.56. The van der Waals surface area contributed by atoms with Gasteiger partial charge in [0.05, 0.1) is 12.4 Å². The zero-order valence-electron chi connectivity index (χ0n) is 11.0. The minimum Gasteiger partial charge on any atom is -0.454 e. The summed E-state index contributed by atoms with van der Waals surface area (Å²) in [5, 5.41) is 4.23. The molecule has 0 fully saturated rings. The Bertz CT molecular complexity index is 500. The number of nitrogens with two attached hydrogens (primary N) is 1. The normalized spacial score (nSPS) is 12.7. The molecule has 4 heteroatoms. The molecule has 2 aromatic rings. The lowest BCUT2D eigenvalue weighted by Gasteiger charge is -2.07. The predicted octanol–water partition coefficient (Wildman–Crippen LogP) is 3.28. The Balaban J connectivity index is 2.08. The SMILES string of the molecule is CC(C)n1cc(Oc2ccc([C@@H](C)N)cc2)cn1. The van der Waals surface area contributed by atoms with E-state index < -0.39 is 0 Å². The highest BCUT2D eigenvalue weighted by Crippen LogP contribution is 2.23. The molecule has 0 saturated heterocycles. The van der Waals surface area contributed by atoms with Gasteiger partial charge >= 0.3 is 0 Å². The molecule has 1 aromatic carbocycles. The summed E-state index contributed by atoms with van der Waals surface area (Å²) < 4.78 is 7.59. The van der Waals surface area contributed by atoms with Crippen molar-refractivity contribution in [3.8, 4) is 11.5 Å². The van der Waals surface area contributed by atoms with Gasteiger partial charge in [0.1, 0.15) is 5.75 Å². The van der Waals surface area contributed by atoms with E-state index in [4.69, 9.17) is 10.5 Å². The second-order valence-electron chi connectivity index (χ2n) is 4.71.